The molecule has 8 heteroatoms. The second kappa shape index (κ2) is 7.50. The minimum absolute atomic E-state index is 0.109. The van der Waals surface area contributed by atoms with E-state index in [-0.39, 0.29) is 22.8 Å². The monoisotopic (exact) mass is 337 g/mol. The van der Waals surface area contributed by atoms with Gasteiger partial charge < -0.3 is 14.6 Å². The van der Waals surface area contributed by atoms with Crippen molar-refractivity contribution in [3.05, 3.63) is 41.6 Å². The maximum atomic E-state index is 13.4. The van der Waals surface area contributed by atoms with Crippen LogP contribution < -0.4 is 5.32 Å². The number of halogens is 2. The van der Waals surface area contributed by atoms with Crippen LogP contribution in [-0.2, 0) is 4.74 Å². The normalized spacial score (nSPS) is 15.4. The molecule has 24 heavy (non-hydrogen) atoms. The minimum atomic E-state index is -1.01. The van der Waals surface area contributed by atoms with Gasteiger partial charge in [0.15, 0.2) is 17.4 Å². The van der Waals surface area contributed by atoms with Gasteiger partial charge in [0.1, 0.15) is 5.56 Å². The maximum absolute atomic E-state index is 13.4. The second-order valence-corrected chi connectivity index (χ2v) is 5.41. The standard InChI is InChI=1S/C16H17F2N3O3/c17-13-2-1-11(9-14(13)18)15-12(10-20-24-15)16(22)19-3-4-21-5-7-23-8-6-21/h1-2,9-10H,3-8H2,(H,19,22). The fourth-order valence-electron chi connectivity index (χ4n) is 2.49. The number of aromatic nitrogens is 1. The van der Waals surface area contributed by atoms with Gasteiger partial charge in [0, 0.05) is 31.7 Å². The van der Waals surface area contributed by atoms with Gasteiger partial charge in [-0.1, -0.05) is 5.16 Å². The van der Waals surface area contributed by atoms with Crippen molar-refractivity contribution in [2.75, 3.05) is 39.4 Å². The molecule has 3 rings (SSSR count). The molecule has 0 bridgehead atoms. The van der Waals surface area contributed by atoms with Crippen molar-refractivity contribution in [1.82, 2.24) is 15.4 Å². The SMILES string of the molecule is O=C(NCCN1CCOCC1)c1cnoc1-c1ccc(F)c(F)c1. The highest BCUT2D eigenvalue weighted by molar-refractivity contribution is 5.99. The summed E-state index contributed by atoms with van der Waals surface area (Å²) in [4.78, 5) is 14.5. The molecule has 1 aliphatic heterocycles. The van der Waals surface area contributed by atoms with E-state index in [0.29, 0.717) is 26.3 Å². The van der Waals surface area contributed by atoms with E-state index >= 15 is 0 Å². The van der Waals surface area contributed by atoms with E-state index in [1.54, 1.807) is 0 Å². The number of nitrogens with one attached hydrogen (secondary N) is 1. The van der Waals surface area contributed by atoms with Gasteiger partial charge >= 0.3 is 0 Å². The topological polar surface area (TPSA) is 67.6 Å². The Balaban J connectivity index is 1.63. The molecule has 1 aromatic heterocycles. The molecule has 2 aromatic rings. The third kappa shape index (κ3) is 3.77. The third-order valence-electron chi connectivity index (χ3n) is 3.81. The lowest BCUT2D eigenvalue weighted by Crippen LogP contribution is -2.41. The summed E-state index contributed by atoms with van der Waals surface area (Å²) in [6.45, 7) is 4.23. The lowest BCUT2D eigenvalue weighted by Gasteiger charge is -2.26. The van der Waals surface area contributed by atoms with Crippen LogP contribution in [-0.4, -0.2) is 55.4 Å². The number of morpholine rings is 1. The summed E-state index contributed by atoms with van der Waals surface area (Å²) >= 11 is 0. The average Bonchev–Trinajstić information content (AvgIpc) is 3.08. The van der Waals surface area contributed by atoms with Crippen molar-refractivity contribution in [3.63, 3.8) is 0 Å². The molecule has 0 spiro atoms. The van der Waals surface area contributed by atoms with Gasteiger partial charge in [0.25, 0.3) is 5.91 Å². The van der Waals surface area contributed by atoms with Crippen LogP contribution >= 0.6 is 0 Å². The minimum Gasteiger partial charge on any atom is -0.379 e. The Morgan fingerprint density at radius 2 is 2.04 bits per heavy atom. The summed E-state index contributed by atoms with van der Waals surface area (Å²) in [5.41, 5.74) is 0.438. The van der Waals surface area contributed by atoms with Gasteiger partial charge in [-0.05, 0) is 18.2 Å². The fourth-order valence-corrected chi connectivity index (χ4v) is 2.49. The molecular formula is C16H17F2N3O3. The highest BCUT2D eigenvalue weighted by Gasteiger charge is 2.19. The zero-order valence-corrected chi connectivity index (χ0v) is 12.9. The number of ether oxygens (including phenoxy) is 1. The molecule has 0 atom stereocenters. The van der Waals surface area contributed by atoms with Crippen LogP contribution in [0, 0.1) is 11.6 Å². The van der Waals surface area contributed by atoms with Crippen molar-refractivity contribution < 1.29 is 22.8 Å². The molecule has 0 unspecified atom stereocenters. The van der Waals surface area contributed by atoms with Crippen LogP contribution in [0.3, 0.4) is 0 Å². The first kappa shape index (κ1) is 16.5. The lowest BCUT2D eigenvalue weighted by atomic mass is 10.1. The molecule has 1 N–H and O–H groups in total. The van der Waals surface area contributed by atoms with Crippen LogP contribution in [0.5, 0.6) is 0 Å². The zero-order chi connectivity index (χ0) is 16.9. The molecule has 1 amide bonds. The van der Waals surface area contributed by atoms with E-state index in [2.05, 4.69) is 15.4 Å². The second-order valence-electron chi connectivity index (χ2n) is 5.41. The Bertz CT molecular complexity index is 714. The molecule has 1 aromatic carbocycles. The molecule has 1 aliphatic rings. The van der Waals surface area contributed by atoms with E-state index in [1.807, 2.05) is 0 Å². The van der Waals surface area contributed by atoms with Crippen LogP contribution in [0.1, 0.15) is 10.4 Å². The van der Waals surface area contributed by atoms with E-state index in [9.17, 15) is 13.6 Å². The Kier molecular flexibility index (Phi) is 5.17. The third-order valence-corrected chi connectivity index (χ3v) is 3.81. The molecule has 128 valence electrons. The van der Waals surface area contributed by atoms with E-state index in [1.165, 1.54) is 12.3 Å². The van der Waals surface area contributed by atoms with Crippen molar-refractivity contribution in [1.29, 1.82) is 0 Å². The predicted molar refractivity (Wildman–Crippen MR) is 81.4 cm³/mol. The van der Waals surface area contributed by atoms with Gasteiger partial charge in [-0.2, -0.15) is 0 Å². The first-order valence-corrected chi connectivity index (χ1v) is 7.63. The number of benzene rings is 1. The summed E-state index contributed by atoms with van der Waals surface area (Å²) in [7, 11) is 0. The molecule has 0 radical (unpaired) electrons. The highest BCUT2D eigenvalue weighted by atomic mass is 19.2. The number of rotatable bonds is 5. The average molecular weight is 337 g/mol. The van der Waals surface area contributed by atoms with Crippen LogP contribution in [0.25, 0.3) is 11.3 Å². The zero-order valence-electron chi connectivity index (χ0n) is 12.9. The van der Waals surface area contributed by atoms with Crippen LogP contribution in [0.15, 0.2) is 28.9 Å². The van der Waals surface area contributed by atoms with Crippen molar-refractivity contribution in [2.45, 2.75) is 0 Å². The van der Waals surface area contributed by atoms with E-state index in [4.69, 9.17) is 9.26 Å². The van der Waals surface area contributed by atoms with Crippen molar-refractivity contribution in [3.8, 4) is 11.3 Å². The number of carbonyl (C=O) groups is 1. The van der Waals surface area contributed by atoms with Gasteiger partial charge in [-0.3, -0.25) is 9.69 Å². The van der Waals surface area contributed by atoms with Gasteiger partial charge in [0.05, 0.1) is 19.4 Å². The van der Waals surface area contributed by atoms with Crippen molar-refractivity contribution >= 4 is 5.91 Å². The number of hydrogen-bond donors (Lipinski definition) is 1. The Labute approximate surface area is 137 Å². The smallest absolute Gasteiger partial charge is 0.256 e. The largest absolute Gasteiger partial charge is 0.379 e. The van der Waals surface area contributed by atoms with E-state index in [0.717, 1.165) is 25.2 Å². The summed E-state index contributed by atoms with van der Waals surface area (Å²) in [5.74, 6) is -2.24. The fraction of sp³-hybridized carbons (Fsp3) is 0.375. The number of hydrogen-bond acceptors (Lipinski definition) is 5. The van der Waals surface area contributed by atoms with Gasteiger partial charge in [-0.25, -0.2) is 8.78 Å². The summed E-state index contributed by atoms with van der Waals surface area (Å²) < 4.78 is 36.7. The Hall–Kier alpha value is -2.32. The molecule has 6 nitrogen and oxygen atoms in total. The van der Waals surface area contributed by atoms with Crippen molar-refractivity contribution in [2.24, 2.45) is 0 Å². The first-order valence-electron chi connectivity index (χ1n) is 7.63. The van der Waals surface area contributed by atoms with Gasteiger partial charge in [0.2, 0.25) is 0 Å². The lowest BCUT2D eigenvalue weighted by molar-refractivity contribution is 0.0383. The van der Waals surface area contributed by atoms with Crippen LogP contribution in [0.2, 0.25) is 0 Å². The number of amides is 1. The molecule has 1 fully saturated rings. The summed E-state index contributed by atoms with van der Waals surface area (Å²) in [6.07, 6.45) is 1.26. The summed E-state index contributed by atoms with van der Waals surface area (Å²) in [5, 5.41) is 6.37. The Morgan fingerprint density at radius 1 is 1.25 bits per heavy atom. The quantitative estimate of drug-likeness (QED) is 0.899. The first-order chi connectivity index (χ1) is 11.6. The van der Waals surface area contributed by atoms with E-state index < -0.39 is 11.6 Å². The maximum Gasteiger partial charge on any atom is 0.256 e. The highest BCUT2D eigenvalue weighted by Crippen LogP contribution is 2.25. The van der Waals surface area contributed by atoms with Gasteiger partial charge in [-0.15, -0.1) is 0 Å². The molecule has 1 saturated heterocycles. The summed E-state index contributed by atoms with van der Waals surface area (Å²) in [6, 6.07) is 3.29. The molecule has 0 saturated carbocycles. The molecule has 2 heterocycles. The number of nitrogens with zero attached hydrogens (tertiary/aromatic N) is 2. The molecule has 0 aliphatic carbocycles. The molecular weight excluding hydrogens is 320 g/mol. The predicted octanol–water partition coefficient (Wildman–Crippen LogP) is 1.68. The number of carbonyl (C=O) groups excluding carboxylic acids is 1. The Morgan fingerprint density at radius 3 is 2.79 bits per heavy atom. The van der Waals surface area contributed by atoms with Crippen LogP contribution in [0.4, 0.5) is 8.78 Å².